The summed E-state index contributed by atoms with van der Waals surface area (Å²) < 4.78 is 0. The van der Waals surface area contributed by atoms with Gasteiger partial charge < -0.3 is 10.2 Å². The Kier molecular flexibility index (Phi) is 5.72. The first-order chi connectivity index (χ1) is 13.5. The van der Waals surface area contributed by atoms with Gasteiger partial charge in [-0.25, -0.2) is 0 Å². The van der Waals surface area contributed by atoms with Crippen LogP contribution in [0.5, 0.6) is 0 Å². The molecule has 0 atom stereocenters. The molecule has 1 aliphatic carbocycles. The second kappa shape index (κ2) is 8.24. The lowest BCUT2D eigenvalue weighted by molar-refractivity contribution is -0.124. The van der Waals surface area contributed by atoms with Crippen LogP contribution in [0.3, 0.4) is 0 Å². The average molecular weight is 398 g/mol. The molecule has 0 bridgehead atoms. The molecule has 0 aromatic heterocycles. The predicted molar refractivity (Wildman–Crippen MR) is 115 cm³/mol. The smallest absolute Gasteiger partial charge is 0.235 e. The summed E-state index contributed by atoms with van der Waals surface area (Å²) in [5, 5.41) is 3.86. The molecule has 1 amide bonds. The van der Waals surface area contributed by atoms with Gasteiger partial charge in [-0.05, 0) is 55.3 Å². The molecule has 0 radical (unpaired) electrons. The van der Waals surface area contributed by atoms with Crippen LogP contribution >= 0.6 is 11.6 Å². The topological polar surface area (TPSA) is 35.6 Å². The van der Waals surface area contributed by atoms with Gasteiger partial charge in [-0.2, -0.15) is 0 Å². The van der Waals surface area contributed by atoms with E-state index in [9.17, 15) is 4.79 Å². The Morgan fingerprint density at radius 2 is 1.82 bits per heavy atom. The fraction of sp³-hybridized carbons (Fsp3) is 0.435. The minimum atomic E-state index is -0.446. The number of rotatable bonds is 5. The molecular weight excluding hydrogens is 370 g/mol. The number of carbonyl (C=O) groups excluding carboxylic acids is 1. The maximum Gasteiger partial charge on any atom is 0.235 e. The van der Waals surface area contributed by atoms with Gasteiger partial charge in [0, 0.05) is 43.4 Å². The molecule has 5 heteroatoms. The molecule has 1 heterocycles. The van der Waals surface area contributed by atoms with Crippen molar-refractivity contribution in [2.24, 2.45) is 0 Å². The molecule has 2 aliphatic rings. The molecule has 2 aromatic carbocycles. The van der Waals surface area contributed by atoms with Crippen molar-refractivity contribution < 1.29 is 4.79 Å². The lowest BCUT2D eigenvalue weighted by Gasteiger charge is -2.40. The minimum Gasteiger partial charge on any atom is -0.325 e. The molecule has 0 unspecified atom stereocenters. The highest BCUT2D eigenvalue weighted by Gasteiger charge is 2.45. The Balaban J connectivity index is 1.45. The molecule has 0 spiro atoms. The van der Waals surface area contributed by atoms with Crippen molar-refractivity contribution in [1.29, 1.82) is 0 Å². The number of benzene rings is 2. The Morgan fingerprint density at radius 3 is 2.50 bits per heavy atom. The Bertz CT molecular complexity index is 841. The van der Waals surface area contributed by atoms with Gasteiger partial charge in [-0.15, -0.1) is 0 Å². The van der Waals surface area contributed by atoms with Crippen LogP contribution < -0.4 is 5.32 Å². The quantitative estimate of drug-likeness (QED) is 0.823. The highest BCUT2D eigenvalue weighted by molar-refractivity contribution is 6.30. The summed E-state index contributed by atoms with van der Waals surface area (Å²) in [5.41, 5.74) is 2.70. The fourth-order valence-electron chi connectivity index (χ4n) is 4.23. The first-order valence-corrected chi connectivity index (χ1v) is 10.5. The van der Waals surface area contributed by atoms with Crippen molar-refractivity contribution in [3.8, 4) is 0 Å². The zero-order chi connectivity index (χ0) is 19.6. The van der Waals surface area contributed by atoms with E-state index >= 15 is 0 Å². The van der Waals surface area contributed by atoms with Crippen LogP contribution in [0.25, 0.3) is 0 Å². The molecule has 1 N–H and O–H groups in total. The number of piperazine rings is 1. The third-order valence-corrected chi connectivity index (χ3v) is 6.44. The highest BCUT2D eigenvalue weighted by atomic mass is 35.5. The maximum absolute atomic E-state index is 13.2. The molecule has 2 fully saturated rings. The molecule has 4 rings (SSSR count). The van der Waals surface area contributed by atoms with Gasteiger partial charge in [-0.3, -0.25) is 9.69 Å². The van der Waals surface area contributed by atoms with E-state index in [2.05, 4.69) is 34.3 Å². The van der Waals surface area contributed by atoms with Gasteiger partial charge in [0.1, 0.15) is 0 Å². The minimum absolute atomic E-state index is 0.0813. The number of hydrogen-bond acceptors (Lipinski definition) is 3. The van der Waals surface area contributed by atoms with E-state index in [1.54, 1.807) is 0 Å². The molecule has 148 valence electrons. The van der Waals surface area contributed by atoms with Crippen LogP contribution in [0.15, 0.2) is 48.5 Å². The number of hydrogen-bond donors (Lipinski definition) is 1. The first-order valence-electron chi connectivity index (χ1n) is 10.1. The van der Waals surface area contributed by atoms with Crippen molar-refractivity contribution >= 4 is 23.2 Å². The zero-order valence-electron chi connectivity index (χ0n) is 16.5. The van der Waals surface area contributed by atoms with Crippen molar-refractivity contribution in [2.45, 2.75) is 31.2 Å². The average Bonchev–Trinajstić information content (AvgIpc) is 2.63. The number of amides is 1. The summed E-state index contributed by atoms with van der Waals surface area (Å²) in [4.78, 5) is 18.0. The van der Waals surface area contributed by atoms with Crippen LogP contribution in [0.1, 0.15) is 30.4 Å². The van der Waals surface area contributed by atoms with E-state index in [0.717, 1.165) is 63.2 Å². The zero-order valence-corrected chi connectivity index (χ0v) is 17.2. The SMILES string of the molecule is CN1CCN(Cc2cccc(NC(=O)C3(c4cccc(Cl)c4)CCC3)c2)CC1. The molecule has 1 saturated carbocycles. The van der Waals surface area contributed by atoms with Crippen molar-refractivity contribution in [3.05, 3.63) is 64.7 Å². The normalized spacial score (nSPS) is 19.8. The van der Waals surface area contributed by atoms with Crippen LogP contribution in [-0.2, 0) is 16.8 Å². The van der Waals surface area contributed by atoms with Crippen molar-refractivity contribution in [3.63, 3.8) is 0 Å². The summed E-state index contributed by atoms with van der Waals surface area (Å²) >= 11 is 6.18. The standard InChI is InChI=1S/C23H28ClN3O/c1-26-11-13-27(14-12-26)17-18-5-2-8-21(15-18)25-22(28)23(9-4-10-23)19-6-3-7-20(24)16-19/h2-3,5-8,15-16H,4,9-14,17H2,1H3,(H,25,28). The molecule has 1 saturated heterocycles. The van der Waals surface area contributed by atoms with Gasteiger partial charge in [0.15, 0.2) is 0 Å². The molecule has 28 heavy (non-hydrogen) atoms. The second-order valence-electron chi connectivity index (χ2n) is 8.18. The lowest BCUT2D eigenvalue weighted by atomic mass is 9.64. The van der Waals surface area contributed by atoms with Gasteiger partial charge in [0.2, 0.25) is 5.91 Å². The molecular formula is C23H28ClN3O. The van der Waals surface area contributed by atoms with Crippen LogP contribution in [-0.4, -0.2) is 48.9 Å². The summed E-state index contributed by atoms with van der Waals surface area (Å²) in [7, 11) is 2.17. The van der Waals surface area contributed by atoms with Crippen molar-refractivity contribution in [1.82, 2.24) is 9.80 Å². The Morgan fingerprint density at radius 1 is 1.07 bits per heavy atom. The van der Waals surface area contributed by atoms with Crippen LogP contribution in [0.4, 0.5) is 5.69 Å². The molecule has 2 aromatic rings. The molecule has 1 aliphatic heterocycles. The van der Waals surface area contributed by atoms with Gasteiger partial charge in [0.25, 0.3) is 0 Å². The van der Waals surface area contributed by atoms with E-state index in [-0.39, 0.29) is 5.91 Å². The largest absolute Gasteiger partial charge is 0.325 e. The van der Waals surface area contributed by atoms with E-state index in [1.807, 2.05) is 36.4 Å². The lowest BCUT2D eigenvalue weighted by Crippen LogP contribution is -2.46. The van der Waals surface area contributed by atoms with Gasteiger partial charge in [-0.1, -0.05) is 42.3 Å². The molecule has 4 nitrogen and oxygen atoms in total. The summed E-state index contributed by atoms with van der Waals surface area (Å²) in [6.45, 7) is 5.32. The van der Waals surface area contributed by atoms with E-state index < -0.39 is 5.41 Å². The third kappa shape index (κ3) is 4.09. The van der Waals surface area contributed by atoms with Crippen LogP contribution in [0, 0.1) is 0 Å². The third-order valence-electron chi connectivity index (χ3n) is 6.21. The van der Waals surface area contributed by atoms with Crippen molar-refractivity contribution in [2.75, 3.05) is 38.5 Å². The number of likely N-dealkylation sites (N-methyl/N-ethyl adjacent to an activating group) is 1. The first kappa shape index (κ1) is 19.4. The number of carbonyl (C=O) groups is 1. The van der Waals surface area contributed by atoms with E-state index in [0.29, 0.717) is 5.02 Å². The van der Waals surface area contributed by atoms with Gasteiger partial charge >= 0.3 is 0 Å². The van der Waals surface area contributed by atoms with Crippen LogP contribution in [0.2, 0.25) is 5.02 Å². The second-order valence-corrected chi connectivity index (χ2v) is 8.62. The number of nitrogens with one attached hydrogen (secondary N) is 1. The van der Waals surface area contributed by atoms with Gasteiger partial charge in [0.05, 0.1) is 5.41 Å². The Labute approximate surface area is 172 Å². The summed E-state index contributed by atoms with van der Waals surface area (Å²) in [6, 6.07) is 16.0. The fourth-order valence-corrected chi connectivity index (χ4v) is 4.42. The summed E-state index contributed by atoms with van der Waals surface area (Å²) in [5.74, 6) is 0.0813. The predicted octanol–water partition coefficient (Wildman–Crippen LogP) is 4.15. The Hall–Kier alpha value is -1.88. The highest BCUT2D eigenvalue weighted by Crippen LogP contribution is 2.45. The number of anilines is 1. The summed E-state index contributed by atoms with van der Waals surface area (Å²) in [6.07, 6.45) is 2.82. The maximum atomic E-state index is 13.2. The van der Waals surface area contributed by atoms with E-state index in [1.165, 1.54) is 5.56 Å². The van der Waals surface area contributed by atoms with E-state index in [4.69, 9.17) is 11.6 Å². The number of halogens is 1. The monoisotopic (exact) mass is 397 g/mol. The number of nitrogens with zero attached hydrogens (tertiary/aromatic N) is 2.